The summed E-state index contributed by atoms with van der Waals surface area (Å²) >= 11 is 1.35. The number of hydrogen-bond acceptors (Lipinski definition) is 5. The van der Waals surface area contributed by atoms with Crippen LogP contribution in [0.3, 0.4) is 0 Å². The third-order valence-electron chi connectivity index (χ3n) is 6.53. The van der Waals surface area contributed by atoms with Crippen LogP contribution in [0.15, 0.2) is 107 Å². The second-order valence-corrected chi connectivity index (χ2v) is 9.83. The van der Waals surface area contributed by atoms with Gasteiger partial charge >= 0.3 is 0 Å². The van der Waals surface area contributed by atoms with Crippen LogP contribution in [-0.2, 0) is 11.4 Å². The molecule has 4 aromatic carbocycles. The normalized spacial score (nSPS) is 15.8. The van der Waals surface area contributed by atoms with E-state index < -0.39 is 5.91 Å². The van der Waals surface area contributed by atoms with Crippen LogP contribution in [0.5, 0.6) is 11.5 Å². The molecule has 0 fully saturated rings. The van der Waals surface area contributed by atoms with Gasteiger partial charge in [-0.1, -0.05) is 90.6 Å². The molecule has 6 rings (SSSR count). The highest BCUT2D eigenvalue weighted by Gasteiger charge is 2.36. The van der Waals surface area contributed by atoms with Crippen LogP contribution in [-0.4, -0.2) is 28.4 Å². The van der Waals surface area contributed by atoms with E-state index in [0.29, 0.717) is 29.9 Å². The van der Waals surface area contributed by atoms with Gasteiger partial charge in [-0.2, -0.15) is 4.99 Å². The predicted octanol–water partition coefficient (Wildman–Crippen LogP) is 7.12. The fraction of sp³-hybridized carbons (Fsp3) is 0.0938. The minimum Gasteiger partial charge on any atom is -0.490 e. The van der Waals surface area contributed by atoms with Gasteiger partial charge in [0.05, 0.1) is 17.9 Å². The summed E-state index contributed by atoms with van der Waals surface area (Å²) in [7, 11) is 0. The maximum Gasteiger partial charge on any atom is 0.283 e. The minimum atomic E-state index is -0.435. The Morgan fingerprint density at radius 3 is 2.56 bits per heavy atom. The fourth-order valence-electron chi connectivity index (χ4n) is 4.66. The van der Waals surface area contributed by atoms with Crippen LogP contribution in [0.25, 0.3) is 22.5 Å². The summed E-state index contributed by atoms with van der Waals surface area (Å²) in [5, 5.41) is 13.6. The molecule has 4 aromatic rings. The second kappa shape index (κ2) is 10.6. The zero-order valence-corrected chi connectivity index (χ0v) is 22.1. The molecular formula is C32H25N3O3S. The van der Waals surface area contributed by atoms with Crippen molar-refractivity contribution in [2.75, 3.05) is 6.61 Å². The number of amides is 1. The van der Waals surface area contributed by atoms with E-state index in [2.05, 4.69) is 29.3 Å². The number of carbonyl (C=O) groups excluding carboxylic acids is 1. The maximum atomic E-state index is 12.9. The Hall–Kier alpha value is -4.62. The van der Waals surface area contributed by atoms with Crippen molar-refractivity contribution in [3.05, 3.63) is 119 Å². The van der Waals surface area contributed by atoms with E-state index in [-0.39, 0.29) is 11.4 Å². The third kappa shape index (κ3) is 4.84. The summed E-state index contributed by atoms with van der Waals surface area (Å²) in [6, 6.07) is 29.7. The van der Waals surface area contributed by atoms with Crippen molar-refractivity contribution in [1.29, 1.82) is 5.41 Å². The molecule has 6 nitrogen and oxygen atoms in total. The van der Waals surface area contributed by atoms with Crippen LogP contribution in [0, 0.1) is 5.41 Å². The number of nitrogens with zero attached hydrogens (tertiary/aromatic N) is 2. The zero-order chi connectivity index (χ0) is 26.8. The number of thioether (sulfide) groups is 1. The van der Waals surface area contributed by atoms with Gasteiger partial charge in [0.1, 0.15) is 12.4 Å². The van der Waals surface area contributed by atoms with Crippen LogP contribution in [0.2, 0.25) is 0 Å². The van der Waals surface area contributed by atoms with Crippen LogP contribution in [0.1, 0.15) is 23.6 Å². The van der Waals surface area contributed by atoms with Gasteiger partial charge in [-0.05, 0) is 52.6 Å². The molecule has 0 radical (unpaired) electrons. The Bertz CT molecular complexity index is 1690. The van der Waals surface area contributed by atoms with Crippen molar-refractivity contribution >= 4 is 51.2 Å². The molecule has 2 heterocycles. The molecule has 7 heteroatoms. The first-order chi connectivity index (χ1) is 19.1. The average Bonchev–Trinajstić information content (AvgIpc) is 3.39. The molecule has 1 amide bonds. The number of nitrogens with one attached hydrogen (secondary N) is 1. The third-order valence-corrected chi connectivity index (χ3v) is 7.35. The lowest BCUT2D eigenvalue weighted by Crippen LogP contribution is -2.38. The van der Waals surface area contributed by atoms with Gasteiger partial charge in [-0.15, -0.1) is 0 Å². The van der Waals surface area contributed by atoms with Crippen molar-refractivity contribution in [2.24, 2.45) is 4.99 Å². The summed E-state index contributed by atoms with van der Waals surface area (Å²) in [6.07, 6.45) is 1.69. The molecule has 39 heavy (non-hydrogen) atoms. The maximum absolute atomic E-state index is 12.9. The summed E-state index contributed by atoms with van der Waals surface area (Å²) < 4.78 is 12.1. The Morgan fingerprint density at radius 2 is 1.72 bits per heavy atom. The summed E-state index contributed by atoms with van der Waals surface area (Å²) in [5.74, 6) is 0.852. The van der Waals surface area contributed by atoms with Gasteiger partial charge in [-0.25, -0.2) is 0 Å². The highest BCUT2D eigenvalue weighted by molar-refractivity contribution is 8.17. The van der Waals surface area contributed by atoms with Gasteiger partial charge in [0.15, 0.2) is 16.7 Å². The van der Waals surface area contributed by atoms with Crippen LogP contribution in [0.4, 0.5) is 0 Å². The topological polar surface area (TPSA) is 75.0 Å². The van der Waals surface area contributed by atoms with Crippen molar-refractivity contribution in [1.82, 2.24) is 4.90 Å². The predicted molar refractivity (Wildman–Crippen MR) is 158 cm³/mol. The molecule has 0 unspecified atom stereocenters. The van der Waals surface area contributed by atoms with Gasteiger partial charge in [0.2, 0.25) is 0 Å². The van der Waals surface area contributed by atoms with Crippen molar-refractivity contribution in [2.45, 2.75) is 13.5 Å². The monoisotopic (exact) mass is 531 g/mol. The van der Waals surface area contributed by atoms with E-state index in [1.54, 1.807) is 11.0 Å². The molecule has 0 saturated carbocycles. The van der Waals surface area contributed by atoms with Crippen LogP contribution >= 0.6 is 11.8 Å². The number of aliphatic imine (C=N–C) groups is 1. The number of hydrogen-bond donors (Lipinski definition) is 1. The van der Waals surface area contributed by atoms with Gasteiger partial charge < -0.3 is 9.47 Å². The van der Waals surface area contributed by atoms with Crippen molar-refractivity contribution in [3.8, 4) is 11.5 Å². The molecule has 192 valence electrons. The smallest absolute Gasteiger partial charge is 0.283 e. The molecule has 0 spiro atoms. The van der Waals surface area contributed by atoms with E-state index in [9.17, 15) is 4.79 Å². The number of fused-ring (bicyclic) bond motifs is 2. The van der Waals surface area contributed by atoms with Crippen molar-refractivity contribution < 1.29 is 14.3 Å². The first kappa shape index (κ1) is 24.7. The van der Waals surface area contributed by atoms with E-state index >= 15 is 0 Å². The molecule has 0 aliphatic carbocycles. The quantitative estimate of drug-likeness (QED) is 0.257. The number of amidine groups is 2. The molecule has 2 aliphatic heterocycles. The SMILES string of the molecule is CCOc1cc(/C=C2/C(=N)N3C(c4ccccc4)=CSC3=NC2=O)ccc1OCc1cccc2ccccc12. The van der Waals surface area contributed by atoms with E-state index in [4.69, 9.17) is 14.9 Å². The van der Waals surface area contributed by atoms with E-state index in [1.165, 1.54) is 11.8 Å². The summed E-state index contributed by atoms with van der Waals surface area (Å²) in [5.41, 5.74) is 3.81. The molecule has 0 saturated heterocycles. The highest BCUT2D eigenvalue weighted by atomic mass is 32.2. The van der Waals surface area contributed by atoms with Gasteiger partial charge in [0.25, 0.3) is 5.91 Å². The fourth-order valence-corrected chi connectivity index (χ4v) is 5.55. The zero-order valence-electron chi connectivity index (χ0n) is 21.3. The highest BCUT2D eigenvalue weighted by Crippen LogP contribution is 2.38. The lowest BCUT2D eigenvalue weighted by molar-refractivity contribution is -0.114. The number of carbonyl (C=O) groups is 1. The molecule has 0 atom stereocenters. The van der Waals surface area contributed by atoms with E-state index in [1.807, 2.05) is 79.1 Å². The van der Waals surface area contributed by atoms with Gasteiger partial charge in [-0.3, -0.25) is 15.1 Å². The average molecular weight is 532 g/mol. The molecular weight excluding hydrogens is 506 g/mol. The number of rotatable bonds is 7. The molecule has 0 aromatic heterocycles. The van der Waals surface area contributed by atoms with Crippen molar-refractivity contribution in [3.63, 3.8) is 0 Å². The Labute approximate surface area is 230 Å². The largest absolute Gasteiger partial charge is 0.490 e. The van der Waals surface area contributed by atoms with E-state index in [0.717, 1.165) is 33.2 Å². The molecule has 0 bridgehead atoms. The standard InChI is InChI=1S/C32H25N3O3S/c1-2-37-29-18-21(15-16-28(29)38-19-24-13-8-12-22-9-6-7-14-25(22)24)17-26-30(33)35-27(23-10-4-3-5-11-23)20-39-32(35)34-31(26)36/h3-18,20,33H,2,19H2,1H3/b26-17-,33-30?. The summed E-state index contributed by atoms with van der Waals surface area (Å²) in [6.45, 7) is 2.77. The number of benzene rings is 4. The lowest BCUT2D eigenvalue weighted by Gasteiger charge is -2.27. The number of ether oxygens (including phenoxy) is 2. The van der Waals surface area contributed by atoms with Crippen LogP contribution < -0.4 is 9.47 Å². The first-order valence-electron chi connectivity index (χ1n) is 12.6. The lowest BCUT2D eigenvalue weighted by atomic mass is 10.0. The van der Waals surface area contributed by atoms with Gasteiger partial charge in [0, 0.05) is 5.41 Å². The summed E-state index contributed by atoms with van der Waals surface area (Å²) in [4.78, 5) is 18.9. The Balaban J connectivity index is 1.27. The second-order valence-electron chi connectivity index (χ2n) is 8.99. The molecule has 2 aliphatic rings. The Kier molecular flexibility index (Phi) is 6.73. The molecule has 1 N–H and O–H groups in total. The first-order valence-corrected chi connectivity index (χ1v) is 13.5. The Morgan fingerprint density at radius 1 is 0.923 bits per heavy atom. The minimum absolute atomic E-state index is 0.0966.